The van der Waals surface area contributed by atoms with Crippen molar-refractivity contribution >= 4 is 6.40 Å². The fourth-order valence-corrected chi connectivity index (χ4v) is 0.942. The number of unbranched alkanes of at least 4 members (excludes halogenated alkanes) is 2. The van der Waals surface area contributed by atoms with Gasteiger partial charge < -0.3 is 9.47 Å². The molecule has 0 radical (unpaired) electrons. The van der Waals surface area contributed by atoms with Crippen molar-refractivity contribution in [3.05, 3.63) is 0 Å². The summed E-state index contributed by atoms with van der Waals surface area (Å²) in [5, 5.41) is 0. The van der Waals surface area contributed by atoms with Crippen LogP contribution in [0.15, 0.2) is 4.99 Å². The number of rotatable bonds is 5. The van der Waals surface area contributed by atoms with Crippen molar-refractivity contribution < 1.29 is 9.47 Å². The summed E-state index contributed by atoms with van der Waals surface area (Å²) in [6, 6.07) is 0. The summed E-state index contributed by atoms with van der Waals surface area (Å²) in [4.78, 5) is 3.89. The van der Waals surface area contributed by atoms with Crippen molar-refractivity contribution in [1.29, 1.82) is 0 Å². The molecule has 1 unspecified atom stereocenters. The van der Waals surface area contributed by atoms with Crippen molar-refractivity contribution in [2.45, 2.75) is 32.5 Å². The predicted octanol–water partition coefficient (Wildman–Crippen LogP) is 1.58. The standard InChI is InChI=1S/C8H15NO2/c1-2-3-4-5-10-8-6-9-7-11-8/h7-8H,2-6H2,1H3. The van der Waals surface area contributed by atoms with E-state index in [0.29, 0.717) is 6.54 Å². The lowest BCUT2D eigenvalue weighted by atomic mass is 10.3. The lowest BCUT2D eigenvalue weighted by Gasteiger charge is -2.09. The summed E-state index contributed by atoms with van der Waals surface area (Å²) in [7, 11) is 0. The van der Waals surface area contributed by atoms with Gasteiger partial charge in [0, 0.05) is 0 Å². The molecule has 1 aliphatic rings. The second kappa shape index (κ2) is 5.13. The van der Waals surface area contributed by atoms with Crippen molar-refractivity contribution in [2.24, 2.45) is 4.99 Å². The first kappa shape index (κ1) is 8.53. The van der Waals surface area contributed by atoms with Crippen LogP contribution >= 0.6 is 0 Å². The van der Waals surface area contributed by atoms with Crippen LogP contribution in [0.5, 0.6) is 0 Å². The van der Waals surface area contributed by atoms with Crippen LogP contribution in [0.1, 0.15) is 26.2 Å². The Morgan fingerprint density at radius 2 is 2.55 bits per heavy atom. The van der Waals surface area contributed by atoms with Gasteiger partial charge in [0.15, 0.2) is 6.40 Å². The van der Waals surface area contributed by atoms with E-state index in [1.165, 1.54) is 19.2 Å². The number of hydrogen-bond acceptors (Lipinski definition) is 3. The van der Waals surface area contributed by atoms with Crippen LogP contribution in [0.25, 0.3) is 0 Å². The SMILES string of the molecule is CCCCCOC1CN=CO1. The van der Waals surface area contributed by atoms with E-state index in [1.54, 1.807) is 0 Å². The van der Waals surface area contributed by atoms with Crippen LogP contribution in [0.2, 0.25) is 0 Å². The predicted molar refractivity (Wildman–Crippen MR) is 43.7 cm³/mol. The quantitative estimate of drug-likeness (QED) is 0.567. The third-order valence-corrected chi connectivity index (χ3v) is 1.59. The molecular weight excluding hydrogens is 142 g/mol. The maximum atomic E-state index is 5.36. The average molecular weight is 157 g/mol. The van der Waals surface area contributed by atoms with Crippen molar-refractivity contribution in [2.75, 3.05) is 13.2 Å². The van der Waals surface area contributed by atoms with Crippen LogP contribution in [-0.2, 0) is 9.47 Å². The van der Waals surface area contributed by atoms with E-state index in [4.69, 9.17) is 9.47 Å². The molecule has 1 rings (SSSR count). The lowest BCUT2D eigenvalue weighted by Crippen LogP contribution is -2.15. The van der Waals surface area contributed by atoms with E-state index in [-0.39, 0.29) is 6.29 Å². The molecule has 0 bridgehead atoms. The van der Waals surface area contributed by atoms with E-state index in [2.05, 4.69) is 11.9 Å². The highest BCUT2D eigenvalue weighted by Crippen LogP contribution is 2.02. The number of ether oxygens (including phenoxy) is 2. The molecule has 0 fully saturated rings. The highest BCUT2D eigenvalue weighted by molar-refractivity contribution is 5.48. The number of hydrogen-bond donors (Lipinski definition) is 0. The van der Waals surface area contributed by atoms with Crippen LogP contribution in [0, 0.1) is 0 Å². The van der Waals surface area contributed by atoms with Gasteiger partial charge in [-0.1, -0.05) is 19.8 Å². The van der Waals surface area contributed by atoms with Crippen molar-refractivity contribution in [3.8, 4) is 0 Å². The third kappa shape index (κ3) is 3.37. The second-order valence-corrected chi connectivity index (χ2v) is 2.61. The van der Waals surface area contributed by atoms with E-state index in [0.717, 1.165) is 13.0 Å². The molecule has 0 aliphatic carbocycles. The molecule has 0 amide bonds. The normalized spacial score (nSPS) is 22.1. The first-order chi connectivity index (χ1) is 5.43. The Hall–Kier alpha value is -0.570. The Balaban J connectivity index is 1.87. The zero-order chi connectivity index (χ0) is 7.94. The Kier molecular flexibility index (Phi) is 3.98. The van der Waals surface area contributed by atoms with Gasteiger partial charge in [-0.15, -0.1) is 0 Å². The molecule has 3 heteroatoms. The molecule has 0 saturated heterocycles. The molecule has 1 atom stereocenters. The van der Waals surface area contributed by atoms with Gasteiger partial charge in [-0.3, -0.25) is 4.99 Å². The van der Waals surface area contributed by atoms with E-state index in [9.17, 15) is 0 Å². The first-order valence-electron chi connectivity index (χ1n) is 4.19. The van der Waals surface area contributed by atoms with Gasteiger partial charge in [-0.05, 0) is 6.42 Å². The van der Waals surface area contributed by atoms with E-state index < -0.39 is 0 Å². The second-order valence-electron chi connectivity index (χ2n) is 2.61. The maximum Gasteiger partial charge on any atom is 0.220 e. The van der Waals surface area contributed by atoms with Crippen LogP contribution < -0.4 is 0 Å². The molecule has 0 N–H and O–H groups in total. The monoisotopic (exact) mass is 157 g/mol. The van der Waals surface area contributed by atoms with Gasteiger partial charge in [-0.25, -0.2) is 0 Å². The fourth-order valence-electron chi connectivity index (χ4n) is 0.942. The largest absolute Gasteiger partial charge is 0.453 e. The molecule has 0 aromatic rings. The average Bonchev–Trinajstić information content (AvgIpc) is 2.50. The number of aliphatic imine (C=N–C) groups is 1. The molecule has 3 nitrogen and oxygen atoms in total. The topological polar surface area (TPSA) is 30.8 Å². The first-order valence-corrected chi connectivity index (χ1v) is 4.19. The Labute approximate surface area is 67.4 Å². The minimum Gasteiger partial charge on any atom is -0.453 e. The summed E-state index contributed by atoms with van der Waals surface area (Å²) in [6.45, 7) is 3.63. The van der Waals surface area contributed by atoms with Crippen LogP contribution in [-0.4, -0.2) is 25.8 Å². The molecule has 1 aliphatic heterocycles. The van der Waals surface area contributed by atoms with Crippen molar-refractivity contribution in [1.82, 2.24) is 0 Å². The lowest BCUT2D eigenvalue weighted by molar-refractivity contribution is -0.0669. The van der Waals surface area contributed by atoms with Gasteiger partial charge in [0.2, 0.25) is 6.29 Å². The van der Waals surface area contributed by atoms with E-state index in [1.807, 2.05) is 0 Å². The minimum absolute atomic E-state index is 0.105. The fraction of sp³-hybridized carbons (Fsp3) is 0.875. The molecule has 0 spiro atoms. The van der Waals surface area contributed by atoms with Gasteiger partial charge in [0.1, 0.15) is 6.54 Å². The summed E-state index contributed by atoms with van der Waals surface area (Å²) < 4.78 is 10.4. The highest BCUT2D eigenvalue weighted by Gasteiger charge is 2.11. The minimum atomic E-state index is -0.105. The van der Waals surface area contributed by atoms with Gasteiger partial charge in [-0.2, -0.15) is 0 Å². The Morgan fingerprint density at radius 3 is 3.18 bits per heavy atom. The molecule has 64 valence electrons. The number of nitrogens with zero attached hydrogens (tertiary/aromatic N) is 1. The molecule has 0 aromatic heterocycles. The van der Waals surface area contributed by atoms with Crippen LogP contribution in [0.3, 0.4) is 0 Å². The highest BCUT2D eigenvalue weighted by atomic mass is 16.7. The molecule has 0 aromatic carbocycles. The zero-order valence-electron chi connectivity index (χ0n) is 6.95. The summed E-state index contributed by atoms with van der Waals surface area (Å²) >= 11 is 0. The smallest absolute Gasteiger partial charge is 0.220 e. The van der Waals surface area contributed by atoms with Gasteiger partial charge in [0.05, 0.1) is 6.61 Å². The summed E-state index contributed by atoms with van der Waals surface area (Å²) in [6.07, 6.45) is 4.94. The molecule has 1 heterocycles. The molecule has 0 saturated carbocycles. The molecule has 11 heavy (non-hydrogen) atoms. The summed E-state index contributed by atoms with van der Waals surface area (Å²) in [5.41, 5.74) is 0. The Morgan fingerprint density at radius 1 is 1.64 bits per heavy atom. The van der Waals surface area contributed by atoms with Crippen molar-refractivity contribution in [3.63, 3.8) is 0 Å². The zero-order valence-corrected chi connectivity index (χ0v) is 6.95. The summed E-state index contributed by atoms with van der Waals surface area (Å²) in [5.74, 6) is 0. The van der Waals surface area contributed by atoms with Crippen LogP contribution in [0.4, 0.5) is 0 Å². The van der Waals surface area contributed by atoms with E-state index >= 15 is 0 Å². The van der Waals surface area contributed by atoms with Gasteiger partial charge >= 0.3 is 0 Å². The van der Waals surface area contributed by atoms with Gasteiger partial charge in [0.25, 0.3) is 0 Å². The molecular formula is C8H15NO2. The Bertz CT molecular complexity index is 117. The third-order valence-electron chi connectivity index (χ3n) is 1.59. The maximum absolute atomic E-state index is 5.36.